The molecule has 0 unspecified atom stereocenters. The summed E-state index contributed by atoms with van der Waals surface area (Å²) in [4.78, 5) is 19.4. The number of benzene rings is 2. The number of nitrogens with one attached hydrogen (secondary N) is 1. The van der Waals surface area contributed by atoms with Crippen molar-refractivity contribution in [2.75, 3.05) is 5.73 Å². The van der Waals surface area contributed by atoms with Gasteiger partial charge < -0.3 is 10.7 Å². The average molecular weight is 378 g/mol. The van der Waals surface area contributed by atoms with E-state index in [1.54, 1.807) is 12.1 Å². The Balaban J connectivity index is 1.84. The summed E-state index contributed by atoms with van der Waals surface area (Å²) in [6, 6.07) is 14.5. The van der Waals surface area contributed by atoms with Gasteiger partial charge in [-0.2, -0.15) is 0 Å². The van der Waals surface area contributed by atoms with E-state index in [0.29, 0.717) is 26.5 Å². The standard InChI is InChI=1S/C17H13Cl2N3OS/c18-12-7-6-11(13(19)8-12)9-24-17-21-15(20)14(16(23)22-17)10-4-2-1-3-5-10/h1-8H,9H2,(H3,20,21,22,23). The molecule has 3 N–H and O–H groups in total. The van der Waals surface area contributed by atoms with E-state index in [1.807, 2.05) is 36.4 Å². The monoisotopic (exact) mass is 377 g/mol. The largest absolute Gasteiger partial charge is 0.383 e. The molecule has 1 aromatic heterocycles. The molecule has 7 heteroatoms. The molecule has 0 bridgehead atoms. The van der Waals surface area contributed by atoms with Crippen LogP contribution in [0.3, 0.4) is 0 Å². The van der Waals surface area contributed by atoms with Gasteiger partial charge in [-0.25, -0.2) is 4.98 Å². The highest BCUT2D eigenvalue weighted by Gasteiger charge is 2.12. The van der Waals surface area contributed by atoms with Crippen molar-refractivity contribution >= 4 is 40.8 Å². The van der Waals surface area contributed by atoms with Crippen molar-refractivity contribution in [3.05, 3.63) is 74.5 Å². The average Bonchev–Trinajstić information content (AvgIpc) is 2.54. The third-order valence-corrected chi connectivity index (χ3v) is 4.88. The van der Waals surface area contributed by atoms with Crippen LogP contribution >= 0.6 is 35.0 Å². The molecule has 2 aromatic carbocycles. The van der Waals surface area contributed by atoms with Gasteiger partial charge in [-0.3, -0.25) is 4.79 Å². The number of hydrogen-bond acceptors (Lipinski definition) is 4. The van der Waals surface area contributed by atoms with Gasteiger partial charge in [0.05, 0.1) is 5.56 Å². The fourth-order valence-electron chi connectivity index (χ4n) is 2.21. The molecule has 0 amide bonds. The van der Waals surface area contributed by atoms with Gasteiger partial charge in [-0.1, -0.05) is 71.4 Å². The van der Waals surface area contributed by atoms with Crippen LogP contribution in [0.1, 0.15) is 5.56 Å². The lowest BCUT2D eigenvalue weighted by molar-refractivity contribution is 0.948. The lowest BCUT2D eigenvalue weighted by Crippen LogP contribution is -2.15. The van der Waals surface area contributed by atoms with Crippen molar-refractivity contribution in [3.8, 4) is 11.1 Å². The Kier molecular flexibility index (Phi) is 5.14. The Morgan fingerprint density at radius 3 is 2.54 bits per heavy atom. The van der Waals surface area contributed by atoms with Crippen LogP contribution in [0.4, 0.5) is 5.82 Å². The minimum atomic E-state index is -0.265. The molecule has 0 atom stereocenters. The van der Waals surface area contributed by atoms with Gasteiger partial charge >= 0.3 is 0 Å². The maximum atomic E-state index is 12.4. The van der Waals surface area contributed by atoms with Gasteiger partial charge in [-0.05, 0) is 23.3 Å². The molecule has 0 aliphatic heterocycles. The quantitative estimate of drug-likeness (QED) is 0.513. The SMILES string of the molecule is Nc1nc(SCc2ccc(Cl)cc2Cl)[nH]c(=O)c1-c1ccccc1. The molecule has 4 nitrogen and oxygen atoms in total. The highest BCUT2D eigenvalue weighted by atomic mass is 35.5. The molecule has 3 aromatic rings. The minimum Gasteiger partial charge on any atom is -0.383 e. The van der Waals surface area contributed by atoms with E-state index >= 15 is 0 Å². The van der Waals surface area contributed by atoms with Gasteiger partial charge in [0.25, 0.3) is 5.56 Å². The fraction of sp³-hybridized carbons (Fsp3) is 0.0588. The van der Waals surface area contributed by atoms with E-state index in [4.69, 9.17) is 28.9 Å². The topological polar surface area (TPSA) is 71.8 Å². The molecule has 24 heavy (non-hydrogen) atoms. The predicted molar refractivity (Wildman–Crippen MR) is 101 cm³/mol. The van der Waals surface area contributed by atoms with Crippen LogP contribution in [0.25, 0.3) is 11.1 Å². The van der Waals surface area contributed by atoms with Crippen LogP contribution in [0.5, 0.6) is 0 Å². The molecule has 0 spiro atoms. The summed E-state index contributed by atoms with van der Waals surface area (Å²) in [6.07, 6.45) is 0. The van der Waals surface area contributed by atoms with Gasteiger partial charge in [0.2, 0.25) is 0 Å². The Hall–Kier alpha value is -1.95. The van der Waals surface area contributed by atoms with Crippen molar-refractivity contribution < 1.29 is 0 Å². The normalized spacial score (nSPS) is 10.8. The van der Waals surface area contributed by atoms with Crippen molar-refractivity contribution in [3.63, 3.8) is 0 Å². The smallest absolute Gasteiger partial charge is 0.261 e. The van der Waals surface area contributed by atoms with Crippen LogP contribution in [-0.2, 0) is 5.75 Å². The summed E-state index contributed by atoms with van der Waals surface area (Å²) in [7, 11) is 0. The first-order valence-corrected chi connectivity index (χ1v) is 8.80. The summed E-state index contributed by atoms with van der Waals surface area (Å²) < 4.78 is 0. The number of nitrogen functional groups attached to an aromatic ring is 1. The van der Waals surface area contributed by atoms with E-state index in [9.17, 15) is 4.79 Å². The van der Waals surface area contributed by atoms with Crippen LogP contribution in [0.15, 0.2) is 58.5 Å². The molecule has 0 saturated carbocycles. The zero-order valence-corrected chi connectivity index (χ0v) is 14.8. The number of H-pyrrole nitrogens is 1. The first-order valence-electron chi connectivity index (χ1n) is 7.06. The second-order valence-electron chi connectivity index (χ2n) is 5.02. The highest BCUT2D eigenvalue weighted by Crippen LogP contribution is 2.28. The Labute approximate surface area is 153 Å². The molecule has 0 fully saturated rings. The predicted octanol–water partition coefficient (Wildman–Crippen LogP) is 4.62. The third-order valence-electron chi connectivity index (χ3n) is 3.37. The Bertz CT molecular complexity index is 929. The number of rotatable bonds is 4. The van der Waals surface area contributed by atoms with Crippen LogP contribution in [0, 0.1) is 0 Å². The first kappa shape index (κ1) is 16.9. The molecule has 0 saturated heterocycles. The number of nitrogens with two attached hydrogens (primary N) is 1. The van der Waals surface area contributed by atoms with Gasteiger partial charge in [0.15, 0.2) is 5.16 Å². The zero-order valence-electron chi connectivity index (χ0n) is 12.4. The van der Waals surface area contributed by atoms with Gasteiger partial charge in [-0.15, -0.1) is 0 Å². The van der Waals surface area contributed by atoms with E-state index in [0.717, 1.165) is 11.1 Å². The molecular weight excluding hydrogens is 365 g/mol. The van der Waals surface area contributed by atoms with E-state index in [2.05, 4.69) is 9.97 Å². The van der Waals surface area contributed by atoms with Crippen molar-refractivity contribution in [2.45, 2.75) is 10.9 Å². The fourth-order valence-corrected chi connectivity index (χ4v) is 3.63. The zero-order chi connectivity index (χ0) is 17.1. The summed E-state index contributed by atoms with van der Waals surface area (Å²) >= 11 is 13.4. The second kappa shape index (κ2) is 7.30. The third kappa shape index (κ3) is 3.75. The van der Waals surface area contributed by atoms with Crippen molar-refractivity contribution in [1.82, 2.24) is 9.97 Å². The number of halogens is 2. The van der Waals surface area contributed by atoms with E-state index < -0.39 is 0 Å². The number of anilines is 1. The molecule has 0 radical (unpaired) electrons. The van der Waals surface area contributed by atoms with Crippen LogP contribution in [-0.4, -0.2) is 9.97 Å². The Morgan fingerprint density at radius 2 is 1.88 bits per heavy atom. The second-order valence-corrected chi connectivity index (χ2v) is 6.83. The van der Waals surface area contributed by atoms with Crippen molar-refractivity contribution in [2.24, 2.45) is 0 Å². The highest BCUT2D eigenvalue weighted by molar-refractivity contribution is 7.98. The summed E-state index contributed by atoms with van der Waals surface area (Å²) in [5, 5.41) is 1.60. The summed E-state index contributed by atoms with van der Waals surface area (Å²) in [6.45, 7) is 0. The lowest BCUT2D eigenvalue weighted by atomic mass is 10.1. The number of aromatic amines is 1. The summed E-state index contributed by atoms with van der Waals surface area (Å²) in [5.74, 6) is 0.748. The summed E-state index contributed by atoms with van der Waals surface area (Å²) in [5.41, 5.74) is 7.74. The van der Waals surface area contributed by atoms with Crippen LogP contribution in [0.2, 0.25) is 10.0 Å². The molecule has 1 heterocycles. The number of hydrogen-bond donors (Lipinski definition) is 2. The maximum Gasteiger partial charge on any atom is 0.261 e. The van der Waals surface area contributed by atoms with E-state index in [1.165, 1.54) is 11.8 Å². The molecule has 122 valence electrons. The maximum absolute atomic E-state index is 12.4. The first-order chi connectivity index (χ1) is 11.5. The molecular formula is C17H13Cl2N3OS. The minimum absolute atomic E-state index is 0.203. The number of nitrogens with zero attached hydrogens (tertiary/aromatic N) is 1. The lowest BCUT2D eigenvalue weighted by Gasteiger charge is -2.08. The molecule has 3 rings (SSSR count). The number of thioether (sulfide) groups is 1. The van der Waals surface area contributed by atoms with Gasteiger partial charge in [0.1, 0.15) is 5.82 Å². The van der Waals surface area contributed by atoms with E-state index in [-0.39, 0.29) is 11.4 Å². The number of aromatic nitrogens is 2. The molecule has 0 aliphatic carbocycles. The molecule has 0 aliphatic rings. The van der Waals surface area contributed by atoms with Gasteiger partial charge in [0, 0.05) is 15.8 Å². The van der Waals surface area contributed by atoms with Crippen LogP contribution < -0.4 is 11.3 Å². The Morgan fingerprint density at radius 1 is 1.12 bits per heavy atom. The van der Waals surface area contributed by atoms with Crippen molar-refractivity contribution in [1.29, 1.82) is 0 Å².